The lowest BCUT2D eigenvalue weighted by molar-refractivity contribution is 0.0388. The van der Waals surface area contributed by atoms with E-state index in [1.165, 1.54) is 18.9 Å². The van der Waals surface area contributed by atoms with Gasteiger partial charge in [0, 0.05) is 41.7 Å². The average molecular weight is 593 g/mol. The lowest BCUT2D eigenvalue weighted by atomic mass is 9.87. The molecule has 2 aromatic carbocycles. The van der Waals surface area contributed by atoms with Crippen molar-refractivity contribution in [3.8, 4) is 35.4 Å². The molecule has 2 aromatic heterocycles. The van der Waals surface area contributed by atoms with Crippen molar-refractivity contribution in [3.63, 3.8) is 0 Å². The van der Waals surface area contributed by atoms with Gasteiger partial charge in [0.05, 0.1) is 16.6 Å². The van der Waals surface area contributed by atoms with E-state index in [4.69, 9.17) is 26.1 Å². The zero-order valence-electron chi connectivity index (χ0n) is 25.1. The number of halogens is 1. The molecule has 2 unspecified atom stereocenters. The molecule has 0 spiro atoms. The van der Waals surface area contributed by atoms with Gasteiger partial charge in [0.15, 0.2) is 5.82 Å². The standard InChI is InChI=1S/C35H37FN6O2/c1-3-22-8-6-9-23-16-26(43)17-27(29(22)23)31-30(36)32-28(21(2)37-31)33(41-18-24-10-11-25(19-41)38-24)40-34(39-32)44-20-35-12-4-5-14-42(35)15-7-13-35/h1,6,8-9,16-17,24-25,38,43H,4-5,7,10-15,18-20H2,2H3/t24?,25?,35-/m1/s1. The molecule has 0 amide bonds. The number of hydrogen-bond acceptors (Lipinski definition) is 8. The van der Waals surface area contributed by atoms with Crippen LogP contribution in [0.1, 0.15) is 56.2 Å². The molecule has 0 aliphatic carbocycles. The first kappa shape index (κ1) is 27.5. The third-order valence-corrected chi connectivity index (χ3v) is 10.3. The highest BCUT2D eigenvalue weighted by Crippen LogP contribution is 2.41. The summed E-state index contributed by atoms with van der Waals surface area (Å²) in [4.78, 5) is 19.4. The van der Waals surface area contributed by atoms with E-state index < -0.39 is 5.82 Å². The predicted molar refractivity (Wildman–Crippen MR) is 170 cm³/mol. The number of piperazine rings is 1. The van der Waals surface area contributed by atoms with Crippen molar-refractivity contribution in [1.82, 2.24) is 25.2 Å². The number of anilines is 1. The third-order valence-electron chi connectivity index (χ3n) is 10.3. The van der Waals surface area contributed by atoms with Gasteiger partial charge in [0.25, 0.3) is 0 Å². The second kappa shape index (κ2) is 10.6. The number of nitrogens with one attached hydrogen (secondary N) is 1. The number of phenols is 1. The van der Waals surface area contributed by atoms with Gasteiger partial charge in [0.2, 0.25) is 0 Å². The fraction of sp³-hybridized carbons (Fsp3) is 0.457. The van der Waals surface area contributed by atoms with E-state index in [1.54, 1.807) is 6.07 Å². The Morgan fingerprint density at radius 1 is 1.07 bits per heavy atom. The van der Waals surface area contributed by atoms with E-state index in [1.807, 2.05) is 25.1 Å². The Bertz CT molecular complexity index is 1830. The van der Waals surface area contributed by atoms with Crippen LogP contribution in [0.4, 0.5) is 10.2 Å². The van der Waals surface area contributed by atoms with E-state index in [0.29, 0.717) is 57.5 Å². The van der Waals surface area contributed by atoms with E-state index in [9.17, 15) is 5.11 Å². The summed E-state index contributed by atoms with van der Waals surface area (Å²) in [5.41, 5.74) is 1.93. The predicted octanol–water partition coefficient (Wildman–Crippen LogP) is 5.32. The van der Waals surface area contributed by atoms with Gasteiger partial charge < -0.3 is 20.1 Å². The van der Waals surface area contributed by atoms with Gasteiger partial charge in [-0.3, -0.25) is 4.90 Å². The number of phenolic OH excluding ortho intramolecular Hbond substituents is 1. The largest absolute Gasteiger partial charge is 0.508 e. The van der Waals surface area contributed by atoms with Crippen molar-refractivity contribution in [2.45, 2.75) is 69.5 Å². The van der Waals surface area contributed by atoms with Crippen molar-refractivity contribution in [3.05, 3.63) is 47.4 Å². The van der Waals surface area contributed by atoms with Crippen LogP contribution < -0.4 is 15.0 Å². The summed E-state index contributed by atoms with van der Waals surface area (Å²) in [6.45, 7) is 6.12. The van der Waals surface area contributed by atoms with Crippen molar-refractivity contribution < 1.29 is 14.2 Å². The van der Waals surface area contributed by atoms with Gasteiger partial charge in [-0.05, 0) is 82.1 Å². The zero-order chi connectivity index (χ0) is 30.0. The second-order valence-electron chi connectivity index (χ2n) is 13.1. The van der Waals surface area contributed by atoms with E-state index in [0.717, 1.165) is 58.3 Å². The minimum atomic E-state index is -0.575. The van der Waals surface area contributed by atoms with Crippen molar-refractivity contribution in [2.75, 3.05) is 37.7 Å². The van der Waals surface area contributed by atoms with Gasteiger partial charge in [0.1, 0.15) is 29.4 Å². The fourth-order valence-electron chi connectivity index (χ4n) is 8.28. The number of nitrogens with zero attached hydrogens (tertiary/aromatic N) is 5. The van der Waals surface area contributed by atoms with Gasteiger partial charge in [-0.1, -0.05) is 24.5 Å². The maximum absolute atomic E-state index is 17.0. The molecule has 8 rings (SSSR count). The first-order chi connectivity index (χ1) is 21.4. The van der Waals surface area contributed by atoms with Crippen molar-refractivity contribution >= 4 is 27.5 Å². The number of aromatic hydroxyl groups is 1. The monoisotopic (exact) mass is 592 g/mol. The summed E-state index contributed by atoms with van der Waals surface area (Å²) >= 11 is 0. The normalized spacial score (nSPS) is 25.0. The summed E-state index contributed by atoms with van der Waals surface area (Å²) in [7, 11) is 0. The minimum Gasteiger partial charge on any atom is -0.508 e. The van der Waals surface area contributed by atoms with Gasteiger partial charge in [-0.15, -0.1) is 6.42 Å². The van der Waals surface area contributed by atoms with Crippen LogP contribution >= 0.6 is 0 Å². The number of terminal acetylenes is 1. The Kier molecular flexibility index (Phi) is 6.61. The molecule has 4 aliphatic heterocycles. The third kappa shape index (κ3) is 4.46. The molecule has 0 radical (unpaired) electrons. The number of fused-ring (bicyclic) bond motifs is 5. The molecule has 4 fully saturated rings. The summed E-state index contributed by atoms with van der Waals surface area (Å²) in [5, 5.41) is 16.3. The molecule has 8 nitrogen and oxygen atoms in total. The Labute approximate surface area is 256 Å². The summed E-state index contributed by atoms with van der Waals surface area (Å²) in [6.07, 6.45) is 13.9. The fourth-order valence-corrected chi connectivity index (χ4v) is 8.28. The van der Waals surface area contributed by atoms with E-state index >= 15 is 4.39 Å². The number of rotatable bonds is 5. The Morgan fingerprint density at radius 2 is 1.86 bits per heavy atom. The molecule has 3 atom stereocenters. The molecule has 2 N–H and O–H groups in total. The van der Waals surface area contributed by atoms with Crippen LogP contribution in [0, 0.1) is 25.1 Å². The van der Waals surface area contributed by atoms with Crippen LogP contribution in [0.2, 0.25) is 0 Å². The first-order valence-corrected chi connectivity index (χ1v) is 15.9. The van der Waals surface area contributed by atoms with Crippen LogP contribution in [0.3, 0.4) is 0 Å². The average Bonchev–Trinajstić information content (AvgIpc) is 3.62. The quantitative estimate of drug-likeness (QED) is 0.302. The van der Waals surface area contributed by atoms with Crippen LogP contribution in [0.25, 0.3) is 32.9 Å². The minimum absolute atomic E-state index is 0.00511. The zero-order valence-corrected chi connectivity index (χ0v) is 25.1. The smallest absolute Gasteiger partial charge is 0.319 e. The highest BCUT2D eigenvalue weighted by Gasteiger charge is 2.43. The number of piperidine rings is 1. The lowest BCUT2D eigenvalue weighted by Gasteiger charge is -2.41. The van der Waals surface area contributed by atoms with Gasteiger partial charge in [-0.25, -0.2) is 9.37 Å². The molecule has 4 saturated heterocycles. The van der Waals surface area contributed by atoms with Crippen LogP contribution in [0.15, 0.2) is 30.3 Å². The van der Waals surface area contributed by atoms with Crippen LogP contribution in [0.5, 0.6) is 11.8 Å². The van der Waals surface area contributed by atoms with E-state index in [-0.39, 0.29) is 28.5 Å². The highest BCUT2D eigenvalue weighted by atomic mass is 19.1. The number of aromatic nitrogens is 3. The van der Waals surface area contributed by atoms with Crippen molar-refractivity contribution in [2.24, 2.45) is 0 Å². The molecule has 9 heteroatoms. The van der Waals surface area contributed by atoms with Crippen LogP contribution in [-0.4, -0.2) is 75.4 Å². The Morgan fingerprint density at radius 3 is 2.68 bits per heavy atom. The molecule has 4 aromatic rings. The topological polar surface area (TPSA) is 86.6 Å². The lowest BCUT2D eigenvalue weighted by Crippen LogP contribution is -2.52. The number of hydrogen-bond donors (Lipinski definition) is 2. The molecule has 6 heterocycles. The Balaban J connectivity index is 1.29. The molecular formula is C35H37FN6O2. The number of aryl methyl sites for hydroxylation is 1. The van der Waals surface area contributed by atoms with Gasteiger partial charge in [-0.2, -0.15) is 9.97 Å². The van der Waals surface area contributed by atoms with E-state index in [2.05, 4.69) is 21.0 Å². The molecule has 44 heavy (non-hydrogen) atoms. The molecule has 0 saturated carbocycles. The SMILES string of the molecule is C#Cc1cccc2cc(O)cc(-c3nc(C)c4c(N5CC6CCC(C5)N6)nc(OC[C@]56CCCCN5CCC6)nc4c3F)c12. The second-order valence-corrected chi connectivity index (χ2v) is 13.1. The summed E-state index contributed by atoms with van der Waals surface area (Å²) < 4.78 is 23.4. The highest BCUT2D eigenvalue weighted by molar-refractivity contribution is 6.03. The summed E-state index contributed by atoms with van der Waals surface area (Å²) in [5.74, 6) is 2.83. The number of benzene rings is 2. The maximum atomic E-state index is 17.0. The maximum Gasteiger partial charge on any atom is 0.319 e. The number of pyridine rings is 1. The van der Waals surface area contributed by atoms with Gasteiger partial charge >= 0.3 is 6.01 Å². The number of ether oxygens (including phenoxy) is 1. The molecule has 226 valence electrons. The summed E-state index contributed by atoms with van der Waals surface area (Å²) in [6, 6.07) is 9.60. The first-order valence-electron chi connectivity index (χ1n) is 15.9. The Hall–Kier alpha value is -4.00. The van der Waals surface area contributed by atoms with Crippen molar-refractivity contribution in [1.29, 1.82) is 0 Å². The molecule has 4 aliphatic rings. The molecule has 2 bridgehead atoms. The molecular weight excluding hydrogens is 555 g/mol. The van der Waals surface area contributed by atoms with Crippen LogP contribution in [-0.2, 0) is 0 Å².